The first-order chi connectivity index (χ1) is 6.81. The van der Waals surface area contributed by atoms with Crippen molar-refractivity contribution in [1.82, 2.24) is 0 Å². The van der Waals surface area contributed by atoms with Crippen LogP contribution >= 0.6 is 24.0 Å². The average Bonchev–Trinajstić information content (AvgIpc) is 2.22. The molecule has 0 aliphatic heterocycles. The quantitative estimate of drug-likeness (QED) is 0.424. The second-order valence-corrected chi connectivity index (χ2v) is 4.43. The van der Waals surface area contributed by atoms with E-state index < -0.39 is 0 Å². The normalized spacial score (nSPS) is 8.71. The maximum atomic E-state index is 8.26. The van der Waals surface area contributed by atoms with Crippen LogP contribution in [0.4, 0.5) is 0 Å². The molecule has 84 valence electrons. The minimum atomic E-state index is 0.700. The molecule has 0 radical (unpaired) electrons. The molecule has 0 spiro atoms. The van der Waals surface area contributed by atoms with Gasteiger partial charge in [0.2, 0.25) is 0 Å². The van der Waals surface area contributed by atoms with Crippen LogP contribution in [0.5, 0.6) is 0 Å². The molecule has 0 aliphatic carbocycles. The van der Waals surface area contributed by atoms with E-state index in [0.29, 0.717) is 19.8 Å². The third kappa shape index (κ3) is 15.2. The van der Waals surface area contributed by atoms with Gasteiger partial charge in [-0.25, -0.2) is 0 Å². The topological polar surface area (TPSA) is 31.2 Å². The number of hydrogen-bond acceptors (Lipinski definition) is 3. The Balaban J connectivity index is 0. The van der Waals surface area contributed by atoms with Crippen LogP contribution in [0.1, 0.15) is 39.5 Å². The van der Waals surface area contributed by atoms with Gasteiger partial charge in [0.1, 0.15) is 0 Å². The van der Waals surface area contributed by atoms with Crippen LogP contribution in [0.15, 0.2) is 0 Å². The predicted octanol–water partition coefficient (Wildman–Crippen LogP) is 3.86. The van der Waals surface area contributed by atoms with Crippen molar-refractivity contribution in [2.24, 2.45) is 0 Å². The van der Waals surface area contributed by atoms with E-state index in [1.165, 1.54) is 19.3 Å². The zero-order valence-corrected chi connectivity index (χ0v) is 12.5. The molecule has 0 atom stereocenters. The van der Waals surface area contributed by atoms with Gasteiger partial charge in [0, 0.05) is 0 Å². The number of hydrogen-bond donors (Lipinski definition) is 0. The molecule has 0 saturated heterocycles. The van der Waals surface area contributed by atoms with Crippen LogP contribution in [-0.2, 0) is 23.2 Å². The van der Waals surface area contributed by atoms with Gasteiger partial charge in [-0.05, 0) is 16.5 Å². The number of thioether (sulfide) groups is 1. The summed E-state index contributed by atoms with van der Waals surface area (Å²) in [6, 6.07) is 0. The van der Waals surface area contributed by atoms with Crippen molar-refractivity contribution in [3.8, 4) is 0 Å². The SMILES string of the molecule is CCCC[N-]C(=S)SCCCC.[O]=[Mo]. The molecule has 0 amide bonds. The summed E-state index contributed by atoms with van der Waals surface area (Å²) in [5.41, 5.74) is 0. The molecular formula is C9H18MoNOS2-. The summed E-state index contributed by atoms with van der Waals surface area (Å²) >= 11 is 7.49. The molecule has 0 rings (SSSR count). The average molecular weight is 316 g/mol. The molecule has 0 N–H and O–H groups in total. The molecular weight excluding hydrogens is 298 g/mol. The first kappa shape index (κ1) is 17.1. The Hall–Kier alpha value is 0.728. The van der Waals surface area contributed by atoms with Crippen molar-refractivity contribution in [1.29, 1.82) is 0 Å². The van der Waals surface area contributed by atoms with Crippen LogP contribution in [-0.4, -0.2) is 16.6 Å². The summed E-state index contributed by atoms with van der Waals surface area (Å²) in [4.78, 5) is 0. The molecule has 0 saturated carbocycles. The van der Waals surface area contributed by atoms with Crippen molar-refractivity contribution in [2.45, 2.75) is 39.5 Å². The van der Waals surface area contributed by atoms with Crippen molar-refractivity contribution in [2.75, 3.05) is 12.3 Å². The van der Waals surface area contributed by atoms with Crippen LogP contribution < -0.4 is 0 Å². The summed E-state index contributed by atoms with van der Waals surface area (Å²) < 4.78 is 9.10. The molecule has 0 aliphatic rings. The number of rotatable bonds is 6. The van der Waals surface area contributed by atoms with Gasteiger partial charge in [-0.15, -0.1) is 18.3 Å². The summed E-state index contributed by atoms with van der Waals surface area (Å²) in [5.74, 6) is 1.13. The monoisotopic (exact) mass is 318 g/mol. The van der Waals surface area contributed by atoms with Crippen LogP contribution in [0.3, 0.4) is 0 Å². The van der Waals surface area contributed by atoms with Gasteiger partial charge in [-0.3, -0.25) is 0 Å². The number of unbranched alkanes of at least 4 members (excludes halogenated alkanes) is 2. The Morgan fingerprint density at radius 1 is 1.29 bits per heavy atom. The van der Waals surface area contributed by atoms with Crippen LogP contribution in [0, 0.1) is 0 Å². The Labute approximate surface area is 108 Å². The third-order valence-corrected chi connectivity index (χ3v) is 2.83. The first-order valence-corrected chi connectivity index (χ1v) is 7.03. The summed E-state index contributed by atoms with van der Waals surface area (Å²) in [7, 11) is 0. The van der Waals surface area contributed by atoms with E-state index in [9.17, 15) is 0 Å². The van der Waals surface area contributed by atoms with Crippen LogP contribution in [0.2, 0.25) is 0 Å². The fraction of sp³-hybridized carbons (Fsp3) is 0.889. The van der Waals surface area contributed by atoms with E-state index in [2.05, 4.69) is 19.2 Å². The van der Waals surface area contributed by atoms with E-state index in [1.807, 2.05) is 0 Å². The van der Waals surface area contributed by atoms with Gasteiger partial charge in [0.25, 0.3) is 0 Å². The first-order valence-electron chi connectivity index (χ1n) is 4.82. The van der Waals surface area contributed by atoms with E-state index in [-0.39, 0.29) is 0 Å². The second-order valence-electron chi connectivity index (χ2n) is 2.70. The summed E-state index contributed by atoms with van der Waals surface area (Å²) in [6.45, 7) is 5.27. The molecule has 2 nitrogen and oxygen atoms in total. The van der Waals surface area contributed by atoms with Gasteiger partial charge in [0.15, 0.2) is 0 Å². The van der Waals surface area contributed by atoms with E-state index in [4.69, 9.17) is 15.6 Å². The molecule has 14 heavy (non-hydrogen) atoms. The molecule has 0 aromatic carbocycles. The van der Waals surface area contributed by atoms with Crippen molar-refractivity contribution in [3.63, 3.8) is 0 Å². The molecule has 0 aromatic rings. The Bertz CT molecular complexity index is 124. The molecule has 5 heteroatoms. The zero-order chi connectivity index (χ0) is 11.2. The fourth-order valence-electron chi connectivity index (χ4n) is 0.678. The molecule has 0 aromatic heterocycles. The zero-order valence-electron chi connectivity index (χ0n) is 8.82. The third-order valence-electron chi connectivity index (χ3n) is 1.48. The standard InChI is InChI=1S/C9H19NS2.Mo.O/c1-3-5-7-10-9(11)12-8-6-4-2;;/h3-8H2,1-2H3,(H,10,11);;/p-1. The fourth-order valence-corrected chi connectivity index (χ4v) is 1.81. The summed E-state index contributed by atoms with van der Waals surface area (Å²) in [6.07, 6.45) is 4.85. The Kier molecular flexibility index (Phi) is 19.8. The van der Waals surface area contributed by atoms with E-state index >= 15 is 0 Å². The van der Waals surface area contributed by atoms with E-state index in [0.717, 1.165) is 23.0 Å². The Morgan fingerprint density at radius 2 is 1.86 bits per heavy atom. The molecule has 0 unspecified atom stereocenters. The Morgan fingerprint density at radius 3 is 2.36 bits per heavy atom. The van der Waals surface area contributed by atoms with Crippen molar-refractivity contribution < 1.29 is 23.2 Å². The van der Waals surface area contributed by atoms with Gasteiger partial charge in [0.05, 0.1) is 0 Å². The van der Waals surface area contributed by atoms with Crippen LogP contribution in [0.25, 0.3) is 5.32 Å². The molecule has 0 heterocycles. The number of thiocarbonyl (C=S) groups is 1. The molecule has 0 bridgehead atoms. The number of nitrogens with zero attached hydrogens (tertiary/aromatic N) is 1. The van der Waals surface area contributed by atoms with Gasteiger partial charge < -0.3 is 5.32 Å². The van der Waals surface area contributed by atoms with E-state index in [1.54, 1.807) is 11.8 Å². The minimum absolute atomic E-state index is 0.700. The molecule has 0 fully saturated rings. The van der Waals surface area contributed by atoms with Gasteiger partial charge in [-0.1, -0.05) is 45.3 Å². The van der Waals surface area contributed by atoms with Crippen molar-refractivity contribution in [3.05, 3.63) is 5.32 Å². The second kappa shape index (κ2) is 16.2. The van der Waals surface area contributed by atoms with Crippen molar-refractivity contribution >= 4 is 28.3 Å². The summed E-state index contributed by atoms with van der Waals surface area (Å²) in [5, 5.41) is 4.28. The maximum absolute atomic E-state index is 8.26. The van der Waals surface area contributed by atoms with Gasteiger partial charge >= 0.3 is 23.2 Å². The predicted molar refractivity (Wildman–Crippen MR) is 63.8 cm³/mol. The van der Waals surface area contributed by atoms with Gasteiger partial charge in [-0.2, -0.15) is 0 Å².